The van der Waals surface area contributed by atoms with Crippen LogP contribution >= 0.6 is 11.6 Å². The second kappa shape index (κ2) is 8.92. The quantitative estimate of drug-likeness (QED) is 0.171. The van der Waals surface area contributed by atoms with E-state index in [2.05, 4.69) is 5.32 Å². The molecule has 8 nitrogen and oxygen atoms in total. The van der Waals surface area contributed by atoms with E-state index in [1.165, 1.54) is 24.3 Å². The van der Waals surface area contributed by atoms with E-state index in [1.54, 1.807) is 48.5 Å². The molecule has 2 aromatic heterocycles. The zero-order chi connectivity index (χ0) is 24.5. The Hall–Kier alpha value is -4.69. The van der Waals surface area contributed by atoms with E-state index in [0.29, 0.717) is 22.4 Å². The minimum atomic E-state index is -0.566. The molecule has 0 saturated carbocycles. The highest BCUT2D eigenvalue weighted by atomic mass is 35.5. The third-order valence-corrected chi connectivity index (χ3v) is 5.67. The molecule has 3 aromatic carbocycles. The van der Waals surface area contributed by atoms with Crippen molar-refractivity contribution < 1.29 is 18.6 Å². The smallest absolute Gasteiger partial charge is 0.344 e. The molecule has 1 amide bonds. The molecule has 5 aromatic rings. The van der Waals surface area contributed by atoms with Gasteiger partial charge in [-0.2, -0.15) is 0 Å². The van der Waals surface area contributed by atoms with E-state index in [9.17, 15) is 19.7 Å². The summed E-state index contributed by atoms with van der Waals surface area (Å²) in [5.74, 6) is -0.406. The molecular weight excluding hydrogens is 472 g/mol. The number of nitro groups is 1. The average Bonchev–Trinajstić information content (AvgIpc) is 3.34. The number of benzene rings is 3. The van der Waals surface area contributed by atoms with Gasteiger partial charge >= 0.3 is 5.63 Å². The highest BCUT2D eigenvalue weighted by Crippen LogP contribution is 2.32. The zero-order valence-electron chi connectivity index (χ0n) is 17.9. The lowest BCUT2D eigenvalue weighted by atomic mass is 10.1. The Kier molecular flexibility index (Phi) is 5.64. The van der Waals surface area contributed by atoms with Crippen LogP contribution in [0, 0.1) is 10.1 Å². The van der Waals surface area contributed by atoms with Gasteiger partial charge in [-0.15, -0.1) is 0 Å². The first-order valence-corrected chi connectivity index (χ1v) is 10.8. The normalized spacial score (nSPS) is 10.9. The minimum absolute atomic E-state index is 0.0338. The summed E-state index contributed by atoms with van der Waals surface area (Å²) < 4.78 is 10.9. The molecule has 0 spiro atoms. The molecule has 0 bridgehead atoms. The van der Waals surface area contributed by atoms with Gasteiger partial charge in [0, 0.05) is 22.7 Å². The first kappa shape index (κ1) is 22.1. The number of carbonyl (C=O) groups is 1. The predicted molar refractivity (Wildman–Crippen MR) is 132 cm³/mol. The number of anilines is 1. The van der Waals surface area contributed by atoms with Crippen LogP contribution in [-0.4, -0.2) is 10.8 Å². The Morgan fingerprint density at radius 3 is 2.43 bits per heavy atom. The number of hydrogen-bond donors (Lipinski definition) is 1. The number of para-hydroxylation sites is 2. The number of hydrogen-bond acceptors (Lipinski definition) is 6. The zero-order valence-corrected chi connectivity index (χ0v) is 18.6. The van der Waals surface area contributed by atoms with Gasteiger partial charge in [-0.25, -0.2) is 4.79 Å². The molecule has 5 rings (SSSR count). The summed E-state index contributed by atoms with van der Waals surface area (Å²) in [6.45, 7) is 0. The summed E-state index contributed by atoms with van der Waals surface area (Å²) in [6, 6.07) is 22.6. The number of carbonyl (C=O) groups excluding carboxylic acids is 1. The molecule has 0 unspecified atom stereocenters. The molecule has 0 radical (unpaired) electrons. The Balaban J connectivity index is 1.39. The van der Waals surface area contributed by atoms with Crippen LogP contribution in [-0.2, 0) is 0 Å². The highest BCUT2D eigenvalue weighted by molar-refractivity contribution is 6.33. The molecule has 172 valence electrons. The maximum atomic E-state index is 12.7. The molecule has 0 fully saturated rings. The van der Waals surface area contributed by atoms with E-state index in [4.69, 9.17) is 20.4 Å². The number of nitrogens with one attached hydrogen (secondary N) is 1. The van der Waals surface area contributed by atoms with Gasteiger partial charge in [0.2, 0.25) is 0 Å². The number of amides is 1. The Morgan fingerprint density at radius 2 is 1.63 bits per heavy atom. The number of fused-ring (bicyclic) bond motifs is 1. The van der Waals surface area contributed by atoms with E-state index in [1.807, 2.05) is 12.1 Å². The fourth-order valence-electron chi connectivity index (χ4n) is 3.70. The van der Waals surface area contributed by atoms with Crippen molar-refractivity contribution in [1.29, 1.82) is 0 Å². The van der Waals surface area contributed by atoms with E-state index in [0.717, 1.165) is 5.39 Å². The molecule has 0 saturated heterocycles. The largest absolute Gasteiger partial charge is 0.451 e. The summed E-state index contributed by atoms with van der Waals surface area (Å²) in [6.07, 6.45) is 0. The Labute approximate surface area is 202 Å². The molecule has 2 heterocycles. The van der Waals surface area contributed by atoms with Crippen molar-refractivity contribution in [3.63, 3.8) is 0 Å². The van der Waals surface area contributed by atoms with Gasteiger partial charge in [-0.3, -0.25) is 14.9 Å². The number of halogens is 1. The van der Waals surface area contributed by atoms with Crippen molar-refractivity contribution >= 4 is 39.9 Å². The second-order valence-electron chi connectivity index (χ2n) is 7.57. The van der Waals surface area contributed by atoms with Crippen molar-refractivity contribution in [2.24, 2.45) is 0 Å². The minimum Gasteiger partial charge on any atom is -0.451 e. The number of furan rings is 1. The van der Waals surface area contributed by atoms with Gasteiger partial charge in [-0.1, -0.05) is 48.0 Å². The SMILES string of the molecule is O=C(Nc1ccc(-c2cc3ccccc3oc2=O)c(Cl)c1)c1ccc(-c2ccccc2[N+](=O)[O-])o1. The molecule has 0 aliphatic carbocycles. The lowest BCUT2D eigenvalue weighted by molar-refractivity contribution is -0.384. The standard InChI is InChI=1S/C26H15ClN2O6/c27-20-14-16(9-10-17(20)19-13-15-5-1-4-8-22(15)35-26(19)31)28-25(30)24-12-11-23(34-24)18-6-2-3-7-21(18)29(32)33/h1-14H,(H,28,30). The first-order valence-electron chi connectivity index (χ1n) is 10.4. The third-order valence-electron chi connectivity index (χ3n) is 5.35. The van der Waals surface area contributed by atoms with Crippen LogP contribution in [0.4, 0.5) is 11.4 Å². The van der Waals surface area contributed by atoms with Crippen LogP contribution in [0.3, 0.4) is 0 Å². The fourth-order valence-corrected chi connectivity index (χ4v) is 3.98. The average molecular weight is 487 g/mol. The molecular formula is C26H15ClN2O6. The summed E-state index contributed by atoms with van der Waals surface area (Å²) in [5.41, 5.74) is 1.21. The van der Waals surface area contributed by atoms with E-state index >= 15 is 0 Å². The molecule has 0 aliphatic heterocycles. The number of nitro benzene ring substituents is 1. The van der Waals surface area contributed by atoms with Crippen LogP contribution in [0.1, 0.15) is 10.6 Å². The number of rotatable bonds is 5. The summed E-state index contributed by atoms with van der Waals surface area (Å²) in [7, 11) is 0. The number of nitrogens with zero attached hydrogens (tertiary/aromatic N) is 1. The van der Waals surface area contributed by atoms with Crippen molar-refractivity contribution in [3.8, 4) is 22.5 Å². The third kappa shape index (κ3) is 4.30. The van der Waals surface area contributed by atoms with Crippen LogP contribution in [0.15, 0.2) is 98.6 Å². The van der Waals surface area contributed by atoms with Gasteiger partial charge in [0.25, 0.3) is 11.6 Å². The predicted octanol–water partition coefficient (Wildman–Crippen LogP) is 6.53. The molecule has 0 atom stereocenters. The maximum absolute atomic E-state index is 12.7. The molecule has 1 N–H and O–H groups in total. The molecule has 35 heavy (non-hydrogen) atoms. The van der Waals surface area contributed by atoms with Crippen molar-refractivity contribution in [2.75, 3.05) is 5.32 Å². The van der Waals surface area contributed by atoms with Gasteiger partial charge in [-0.05, 0) is 42.5 Å². The van der Waals surface area contributed by atoms with Crippen LogP contribution in [0.5, 0.6) is 0 Å². The van der Waals surface area contributed by atoms with Gasteiger partial charge in [0.1, 0.15) is 11.3 Å². The maximum Gasteiger partial charge on any atom is 0.344 e. The highest BCUT2D eigenvalue weighted by Gasteiger charge is 2.20. The van der Waals surface area contributed by atoms with E-state index in [-0.39, 0.29) is 27.8 Å². The summed E-state index contributed by atoms with van der Waals surface area (Å²) in [4.78, 5) is 35.9. The second-order valence-corrected chi connectivity index (χ2v) is 7.98. The van der Waals surface area contributed by atoms with Gasteiger partial charge in [0.05, 0.1) is 21.1 Å². The Bertz CT molecular complexity index is 1670. The van der Waals surface area contributed by atoms with Crippen molar-refractivity contribution in [2.45, 2.75) is 0 Å². The summed E-state index contributed by atoms with van der Waals surface area (Å²) in [5, 5.41) is 14.9. The summed E-state index contributed by atoms with van der Waals surface area (Å²) >= 11 is 6.43. The van der Waals surface area contributed by atoms with Gasteiger partial charge < -0.3 is 14.2 Å². The fraction of sp³-hybridized carbons (Fsp3) is 0. The Morgan fingerprint density at radius 1 is 0.857 bits per heavy atom. The van der Waals surface area contributed by atoms with Crippen molar-refractivity contribution in [3.05, 3.63) is 116 Å². The van der Waals surface area contributed by atoms with Crippen LogP contribution < -0.4 is 10.9 Å². The monoisotopic (exact) mass is 486 g/mol. The lowest BCUT2D eigenvalue weighted by Gasteiger charge is -2.08. The molecule has 0 aliphatic rings. The first-order chi connectivity index (χ1) is 16.9. The van der Waals surface area contributed by atoms with Crippen LogP contribution in [0.25, 0.3) is 33.4 Å². The van der Waals surface area contributed by atoms with Crippen molar-refractivity contribution in [1.82, 2.24) is 0 Å². The topological polar surface area (TPSA) is 116 Å². The van der Waals surface area contributed by atoms with Gasteiger partial charge in [0.15, 0.2) is 5.76 Å². The molecule has 9 heteroatoms. The van der Waals surface area contributed by atoms with Crippen LogP contribution in [0.2, 0.25) is 5.02 Å². The lowest BCUT2D eigenvalue weighted by Crippen LogP contribution is -2.11. The van der Waals surface area contributed by atoms with E-state index < -0.39 is 16.5 Å².